The Morgan fingerprint density at radius 3 is 2.45 bits per heavy atom. The van der Waals surface area contributed by atoms with Crippen LogP contribution in [0.5, 0.6) is 17.2 Å². The summed E-state index contributed by atoms with van der Waals surface area (Å²) < 4.78 is 5.80. The van der Waals surface area contributed by atoms with Gasteiger partial charge in [-0.15, -0.1) is 0 Å². The van der Waals surface area contributed by atoms with Crippen LogP contribution in [0.25, 0.3) is 10.8 Å². The summed E-state index contributed by atoms with van der Waals surface area (Å²) in [4.78, 5) is 0. The van der Waals surface area contributed by atoms with E-state index in [9.17, 15) is 5.11 Å². The molecule has 3 nitrogen and oxygen atoms in total. The van der Waals surface area contributed by atoms with E-state index in [2.05, 4.69) is 6.07 Å². The van der Waals surface area contributed by atoms with E-state index in [0.717, 1.165) is 10.8 Å². The van der Waals surface area contributed by atoms with Crippen LogP contribution in [-0.2, 0) is 0 Å². The van der Waals surface area contributed by atoms with Crippen LogP contribution >= 0.6 is 0 Å². The first-order valence-electron chi connectivity index (χ1n) is 6.16. The number of hydrogen-bond donors (Lipinski definition) is 1. The highest BCUT2D eigenvalue weighted by Crippen LogP contribution is 2.32. The third kappa shape index (κ3) is 2.15. The van der Waals surface area contributed by atoms with Crippen molar-refractivity contribution in [3.8, 4) is 23.3 Å². The van der Waals surface area contributed by atoms with Gasteiger partial charge < -0.3 is 9.84 Å². The molecule has 0 amide bonds. The van der Waals surface area contributed by atoms with Gasteiger partial charge >= 0.3 is 0 Å². The average molecular weight is 261 g/mol. The number of phenols is 1. The van der Waals surface area contributed by atoms with Crippen LogP contribution in [0.1, 0.15) is 5.56 Å². The zero-order chi connectivity index (χ0) is 13.9. The second-order valence-electron chi connectivity index (χ2n) is 4.37. The lowest BCUT2D eigenvalue weighted by molar-refractivity contribution is 0.457. The average Bonchev–Trinajstić information content (AvgIpc) is 2.48. The SMILES string of the molecule is N#Cc1ccc(Oc2cccc(O)c2)c2ccccc12. The molecular weight excluding hydrogens is 250 g/mol. The molecule has 3 rings (SSSR count). The van der Waals surface area contributed by atoms with Gasteiger partial charge in [0.25, 0.3) is 0 Å². The van der Waals surface area contributed by atoms with E-state index in [4.69, 9.17) is 10.00 Å². The van der Waals surface area contributed by atoms with E-state index in [-0.39, 0.29) is 5.75 Å². The molecule has 0 heterocycles. The van der Waals surface area contributed by atoms with Gasteiger partial charge in [-0.25, -0.2) is 0 Å². The van der Waals surface area contributed by atoms with Crippen LogP contribution in [0, 0.1) is 11.3 Å². The Morgan fingerprint density at radius 2 is 1.70 bits per heavy atom. The van der Waals surface area contributed by atoms with Gasteiger partial charge in [0.2, 0.25) is 0 Å². The lowest BCUT2D eigenvalue weighted by Crippen LogP contribution is -1.88. The maximum atomic E-state index is 9.46. The van der Waals surface area contributed by atoms with Crippen LogP contribution in [0.15, 0.2) is 60.7 Å². The highest BCUT2D eigenvalue weighted by molar-refractivity contribution is 5.92. The van der Waals surface area contributed by atoms with Gasteiger partial charge in [-0.3, -0.25) is 0 Å². The van der Waals surface area contributed by atoms with Crippen molar-refractivity contribution >= 4 is 10.8 Å². The van der Waals surface area contributed by atoms with Crippen molar-refractivity contribution < 1.29 is 9.84 Å². The molecule has 96 valence electrons. The quantitative estimate of drug-likeness (QED) is 0.751. The number of benzene rings is 3. The summed E-state index contributed by atoms with van der Waals surface area (Å²) in [5, 5.41) is 20.3. The minimum absolute atomic E-state index is 0.153. The molecule has 0 radical (unpaired) electrons. The largest absolute Gasteiger partial charge is 0.508 e. The van der Waals surface area contributed by atoms with Crippen LogP contribution in [-0.4, -0.2) is 5.11 Å². The fourth-order valence-electron chi connectivity index (χ4n) is 2.13. The third-order valence-electron chi connectivity index (χ3n) is 3.05. The van der Waals surface area contributed by atoms with Gasteiger partial charge in [-0.1, -0.05) is 30.3 Å². The van der Waals surface area contributed by atoms with Gasteiger partial charge in [-0.05, 0) is 24.3 Å². The van der Waals surface area contributed by atoms with Crippen molar-refractivity contribution in [2.24, 2.45) is 0 Å². The van der Waals surface area contributed by atoms with E-state index in [0.29, 0.717) is 17.1 Å². The van der Waals surface area contributed by atoms with Gasteiger partial charge in [-0.2, -0.15) is 5.26 Å². The molecule has 0 saturated carbocycles. The van der Waals surface area contributed by atoms with Crippen molar-refractivity contribution in [2.45, 2.75) is 0 Å². The Labute approximate surface area is 116 Å². The predicted octanol–water partition coefficient (Wildman–Crippen LogP) is 4.21. The molecule has 0 fully saturated rings. The van der Waals surface area contributed by atoms with E-state index in [1.165, 1.54) is 0 Å². The molecule has 0 aliphatic rings. The fraction of sp³-hybridized carbons (Fsp3) is 0. The highest BCUT2D eigenvalue weighted by Gasteiger charge is 2.07. The summed E-state index contributed by atoms with van der Waals surface area (Å²) in [6.45, 7) is 0. The summed E-state index contributed by atoms with van der Waals surface area (Å²) >= 11 is 0. The summed E-state index contributed by atoms with van der Waals surface area (Å²) in [6.07, 6.45) is 0. The number of ether oxygens (including phenoxy) is 1. The Kier molecular flexibility index (Phi) is 2.98. The van der Waals surface area contributed by atoms with Crippen LogP contribution in [0.3, 0.4) is 0 Å². The molecule has 3 aromatic carbocycles. The highest BCUT2D eigenvalue weighted by atomic mass is 16.5. The zero-order valence-corrected chi connectivity index (χ0v) is 10.6. The molecule has 0 aromatic heterocycles. The van der Waals surface area contributed by atoms with Crippen molar-refractivity contribution in [1.82, 2.24) is 0 Å². The van der Waals surface area contributed by atoms with Gasteiger partial charge in [0, 0.05) is 16.8 Å². The Bertz CT molecular complexity index is 819. The number of aromatic hydroxyl groups is 1. The smallest absolute Gasteiger partial charge is 0.135 e. The first-order valence-corrected chi connectivity index (χ1v) is 6.16. The number of phenolic OH excluding ortho intramolecular Hbond substituents is 1. The topological polar surface area (TPSA) is 53.2 Å². The molecule has 0 spiro atoms. The second kappa shape index (κ2) is 4.94. The molecule has 3 aromatic rings. The molecule has 0 aliphatic carbocycles. The summed E-state index contributed by atoms with van der Waals surface area (Å²) in [7, 11) is 0. The number of rotatable bonds is 2. The summed E-state index contributed by atoms with van der Waals surface area (Å²) in [5.41, 5.74) is 0.615. The summed E-state index contributed by atoms with van der Waals surface area (Å²) in [6, 6.07) is 19.9. The molecular formula is C17H11NO2. The van der Waals surface area contributed by atoms with Gasteiger partial charge in [0.1, 0.15) is 17.2 Å². The number of hydrogen-bond acceptors (Lipinski definition) is 3. The van der Waals surface area contributed by atoms with Crippen LogP contribution in [0.2, 0.25) is 0 Å². The lowest BCUT2D eigenvalue weighted by Gasteiger charge is -2.10. The molecule has 1 N–H and O–H groups in total. The molecule has 0 aliphatic heterocycles. The van der Waals surface area contributed by atoms with Gasteiger partial charge in [0.05, 0.1) is 11.6 Å². The first-order chi connectivity index (χ1) is 9.78. The Morgan fingerprint density at radius 1 is 0.900 bits per heavy atom. The van der Waals surface area contributed by atoms with E-state index < -0.39 is 0 Å². The molecule has 0 unspecified atom stereocenters. The molecule has 3 heteroatoms. The maximum absolute atomic E-state index is 9.46. The van der Waals surface area contributed by atoms with E-state index in [1.54, 1.807) is 36.4 Å². The van der Waals surface area contributed by atoms with Crippen LogP contribution < -0.4 is 4.74 Å². The second-order valence-corrected chi connectivity index (χ2v) is 4.37. The first kappa shape index (κ1) is 12.1. The Balaban J connectivity index is 2.11. The number of nitrogens with zero attached hydrogens (tertiary/aromatic N) is 1. The third-order valence-corrected chi connectivity index (χ3v) is 3.05. The van der Waals surface area contributed by atoms with E-state index in [1.807, 2.05) is 24.3 Å². The van der Waals surface area contributed by atoms with E-state index >= 15 is 0 Å². The van der Waals surface area contributed by atoms with Crippen molar-refractivity contribution in [3.63, 3.8) is 0 Å². The molecule has 20 heavy (non-hydrogen) atoms. The zero-order valence-electron chi connectivity index (χ0n) is 10.6. The monoisotopic (exact) mass is 261 g/mol. The lowest BCUT2D eigenvalue weighted by atomic mass is 10.0. The number of nitriles is 1. The van der Waals surface area contributed by atoms with Crippen molar-refractivity contribution in [2.75, 3.05) is 0 Å². The maximum Gasteiger partial charge on any atom is 0.135 e. The van der Waals surface area contributed by atoms with Gasteiger partial charge in [0.15, 0.2) is 0 Å². The molecule has 0 bridgehead atoms. The predicted molar refractivity (Wildman–Crippen MR) is 76.8 cm³/mol. The molecule has 0 atom stereocenters. The normalized spacial score (nSPS) is 10.2. The van der Waals surface area contributed by atoms with Crippen LogP contribution in [0.4, 0.5) is 0 Å². The minimum Gasteiger partial charge on any atom is -0.508 e. The standard InChI is InChI=1S/C17H11NO2/c18-11-12-8-9-17(16-7-2-1-6-15(12)16)20-14-5-3-4-13(19)10-14/h1-10,19H. The molecule has 0 saturated heterocycles. The van der Waals surface area contributed by atoms with Crippen molar-refractivity contribution in [1.29, 1.82) is 5.26 Å². The Hall–Kier alpha value is -2.99. The fourth-order valence-corrected chi connectivity index (χ4v) is 2.13. The number of fused-ring (bicyclic) bond motifs is 1. The van der Waals surface area contributed by atoms with Crippen molar-refractivity contribution in [3.05, 3.63) is 66.2 Å². The minimum atomic E-state index is 0.153. The summed E-state index contributed by atoms with van der Waals surface area (Å²) in [5.74, 6) is 1.37.